The third-order valence-electron chi connectivity index (χ3n) is 4.14. The van der Waals surface area contributed by atoms with E-state index in [1.807, 2.05) is 0 Å². The normalized spacial score (nSPS) is 23.6. The first-order valence-electron chi connectivity index (χ1n) is 7.21. The average molecular weight is 276 g/mol. The van der Waals surface area contributed by atoms with E-state index in [4.69, 9.17) is 4.74 Å². The highest BCUT2D eigenvalue weighted by atomic mass is 16.5. The van der Waals surface area contributed by atoms with Gasteiger partial charge in [-0.25, -0.2) is 0 Å². The van der Waals surface area contributed by atoms with Crippen LogP contribution in [0.15, 0.2) is 16.9 Å². The number of hydrogen-bond acceptors (Lipinski definition) is 4. The highest BCUT2D eigenvalue weighted by Gasteiger charge is 2.24. The van der Waals surface area contributed by atoms with Gasteiger partial charge < -0.3 is 14.2 Å². The molecular formula is C15H20N2O3. The molecule has 5 nitrogen and oxygen atoms in total. The second-order valence-electron chi connectivity index (χ2n) is 5.67. The van der Waals surface area contributed by atoms with Crippen molar-refractivity contribution in [2.45, 2.75) is 31.9 Å². The Morgan fingerprint density at radius 1 is 1.30 bits per heavy atom. The number of carbonyl (C=O) groups excluding carboxylic acids is 1. The van der Waals surface area contributed by atoms with E-state index in [1.54, 1.807) is 10.6 Å². The summed E-state index contributed by atoms with van der Waals surface area (Å²) in [6.45, 7) is 2.99. The van der Waals surface area contributed by atoms with E-state index >= 15 is 0 Å². The molecular weight excluding hydrogens is 256 g/mol. The molecule has 108 valence electrons. The summed E-state index contributed by atoms with van der Waals surface area (Å²) in [7, 11) is 2.06. The van der Waals surface area contributed by atoms with E-state index in [9.17, 15) is 9.59 Å². The van der Waals surface area contributed by atoms with Gasteiger partial charge in [0.05, 0.1) is 19.3 Å². The van der Waals surface area contributed by atoms with Gasteiger partial charge in [-0.2, -0.15) is 0 Å². The van der Waals surface area contributed by atoms with Gasteiger partial charge in [0.2, 0.25) is 0 Å². The van der Waals surface area contributed by atoms with Gasteiger partial charge in [-0.05, 0) is 26.0 Å². The van der Waals surface area contributed by atoms with Crippen LogP contribution in [-0.4, -0.2) is 48.1 Å². The highest BCUT2D eigenvalue weighted by molar-refractivity contribution is 5.97. The Morgan fingerprint density at radius 3 is 2.95 bits per heavy atom. The number of nitrogens with zero attached hydrogens (tertiary/aromatic N) is 2. The summed E-state index contributed by atoms with van der Waals surface area (Å²) in [6.07, 6.45) is 2.25. The lowest BCUT2D eigenvalue weighted by molar-refractivity contribution is -0.0283. The average Bonchev–Trinajstić information content (AvgIpc) is 2.42. The first-order valence-corrected chi connectivity index (χ1v) is 7.21. The fraction of sp³-hybridized carbons (Fsp3) is 0.600. The standard InChI is InChI=1S/C15H20N2O3/c1-16-7-8-20-11(9-16)10-17-13-3-2-4-14(18)12(13)5-6-15(17)19/h5-6,11H,2-4,7-10H2,1H3. The SMILES string of the molecule is CN1CCOC(Cn2c3c(ccc2=O)C(=O)CCC3)C1. The van der Waals surface area contributed by atoms with E-state index in [2.05, 4.69) is 11.9 Å². The molecule has 20 heavy (non-hydrogen) atoms. The van der Waals surface area contributed by atoms with E-state index in [-0.39, 0.29) is 17.4 Å². The lowest BCUT2D eigenvalue weighted by Crippen LogP contribution is -2.44. The number of ketones is 1. The third-order valence-corrected chi connectivity index (χ3v) is 4.14. The zero-order chi connectivity index (χ0) is 14.1. The van der Waals surface area contributed by atoms with Crippen LogP contribution >= 0.6 is 0 Å². The number of likely N-dealkylation sites (N-methyl/N-ethyl adjacent to an activating group) is 1. The number of Topliss-reactive ketones (excluding diaryl/α,β-unsaturated/α-hetero) is 1. The Bertz CT molecular complexity index is 579. The molecule has 1 aliphatic carbocycles. The molecule has 1 unspecified atom stereocenters. The van der Waals surface area contributed by atoms with Crippen molar-refractivity contribution in [3.8, 4) is 0 Å². The second kappa shape index (κ2) is 5.50. The first kappa shape index (κ1) is 13.5. The fourth-order valence-corrected chi connectivity index (χ4v) is 3.07. The van der Waals surface area contributed by atoms with Crippen molar-refractivity contribution in [1.29, 1.82) is 0 Å². The number of ether oxygens (including phenoxy) is 1. The Labute approximate surface area is 118 Å². The zero-order valence-electron chi connectivity index (χ0n) is 11.8. The van der Waals surface area contributed by atoms with E-state index in [0.29, 0.717) is 19.6 Å². The molecule has 1 atom stereocenters. The van der Waals surface area contributed by atoms with Crippen molar-refractivity contribution in [3.63, 3.8) is 0 Å². The zero-order valence-corrected chi connectivity index (χ0v) is 11.8. The maximum absolute atomic E-state index is 12.1. The summed E-state index contributed by atoms with van der Waals surface area (Å²) in [4.78, 5) is 26.3. The number of carbonyl (C=O) groups is 1. The molecule has 0 amide bonds. The lowest BCUT2D eigenvalue weighted by atomic mass is 9.94. The molecule has 1 saturated heterocycles. The minimum atomic E-state index is -0.0322. The highest BCUT2D eigenvalue weighted by Crippen LogP contribution is 2.20. The molecule has 1 aliphatic heterocycles. The molecule has 0 bridgehead atoms. The number of pyridine rings is 1. The molecule has 1 aromatic heterocycles. The summed E-state index contributed by atoms with van der Waals surface area (Å²) in [5, 5.41) is 0. The van der Waals surface area contributed by atoms with Gasteiger partial charge in [-0.3, -0.25) is 9.59 Å². The monoisotopic (exact) mass is 276 g/mol. The van der Waals surface area contributed by atoms with Crippen molar-refractivity contribution >= 4 is 5.78 Å². The second-order valence-corrected chi connectivity index (χ2v) is 5.67. The molecule has 0 spiro atoms. The Morgan fingerprint density at radius 2 is 2.15 bits per heavy atom. The van der Waals surface area contributed by atoms with Crippen molar-refractivity contribution < 1.29 is 9.53 Å². The molecule has 0 saturated carbocycles. The van der Waals surface area contributed by atoms with Crippen LogP contribution in [0.25, 0.3) is 0 Å². The van der Waals surface area contributed by atoms with Crippen molar-refractivity contribution in [2.75, 3.05) is 26.7 Å². The van der Waals surface area contributed by atoms with Gasteiger partial charge in [0.25, 0.3) is 5.56 Å². The minimum absolute atomic E-state index is 0.0231. The summed E-state index contributed by atoms with van der Waals surface area (Å²) in [5.41, 5.74) is 1.58. The van der Waals surface area contributed by atoms with Crippen LogP contribution in [0.3, 0.4) is 0 Å². The Kier molecular flexibility index (Phi) is 3.72. The molecule has 3 rings (SSSR count). The molecule has 0 N–H and O–H groups in total. The lowest BCUT2D eigenvalue weighted by Gasteiger charge is -2.31. The van der Waals surface area contributed by atoms with Crippen LogP contribution in [0.2, 0.25) is 0 Å². The predicted octanol–water partition coefficient (Wildman–Crippen LogP) is 0.698. The summed E-state index contributed by atoms with van der Waals surface area (Å²) in [5.74, 6) is 0.154. The van der Waals surface area contributed by atoms with Gasteiger partial charge in [-0.1, -0.05) is 0 Å². The number of morpholine rings is 1. The number of aromatic nitrogens is 1. The molecule has 0 aromatic carbocycles. The van der Waals surface area contributed by atoms with Gasteiger partial charge >= 0.3 is 0 Å². The van der Waals surface area contributed by atoms with Crippen molar-refractivity contribution in [1.82, 2.24) is 9.47 Å². The smallest absolute Gasteiger partial charge is 0.250 e. The summed E-state index contributed by atoms with van der Waals surface area (Å²) in [6, 6.07) is 3.19. The van der Waals surface area contributed by atoms with Crippen LogP contribution in [-0.2, 0) is 17.7 Å². The summed E-state index contributed by atoms with van der Waals surface area (Å²) >= 11 is 0. The molecule has 2 aliphatic rings. The van der Waals surface area contributed by atoms with Gasteiger partial charge in [-0.15, -0.1) is 0 Å². The maximum atomic E-state index is 12.1. The van der Waals surface area contributed by atoms with Crippen LogP contribution in [0.4, 0.5) is 0 Å². The maximum Gasteiger partial charge on any atom is 0.250 e. The largest absolute Gasteiger partial charge is 0.374 e. The van der Waals surface area contributed by atoms with Crippen LogP contribution < -0.4 is 5.56 Å². The quantitative estimate of drug-likeness (QED) is 0.798. The minimum Gasteiger partial charge on any atom is -0.374 e. The fourth-order valence-electron chi connectivity index (χ4n) is 3.07. The van der Waals surface area contributed by atoms with Crippen LogP contribution in [0, 0.1) is 0 Å². The Hall–Kier alpha value is -1.46. The number of fused-ring (bicyclic) bond motifs is 1. The van der Waals surface area contributed by atoms with Gasteiger partial charge in [0, 0.05) is 36.8 Å². The molecule has 2 heterocycles. The molecule has 1 fully saturated rings. The summed E-state index contributed by atoms with van der Waals surface area (Å²) < 4.78 is 7.49. The number of rotatable bonds is 2. The van der Waals surface area contributed by atoms with Crippen LogP contribution in [0.1, 0.15) is 28.9 Å². The van der Waals surface area contributed by atoms with Crippen LogP contribution in [0.5, 0.6) is 0 Å². The van der Waals surface area contributed by atoms with Gasteiger partial charge in [0.1, 0.15) is 0 Å². The van der Waals surface area contributed by atoms with E-state index in [1.165, 1.54) is 6.07 Å². The molecule has 1 aromatic rings. The number of hydrogen-bond donors (Lipinski definition) is 0. The van der Waals surface area contributed by atoms with E-state index < -0.39 is 0 Å². The first-order chi connectivity index (χ1) is 9.65. The van der Waals surface area contributed by atoms with Crippen molar-refractivity contribution in [3.05, 3.63) is 33.7 Å². The topological polar surface area (TPSA) is 51.5 Å². The predicted molar refractivity (Wildman–Crippen MR) is 75.2 cm³/mol. The molecule has 0 radical (unpaired) electrons. The van der Waals surface area contributed by atoms with Crippen molar-refractivity contribution in [2.24, 2.45) is 0 Å². The van der Waals surface area contributed by atoms with E-state index in [0.717, 1.165) is 37.2 Å². The Balaban J connectivity index is 1.90. The van der Waals surface area contributed by atoms with Gasteiger partial charge in [0.15, 0.2) is 5.78 Å². The third kappa shape index (κ3) is 2.55. The molecule has 5 heteroatoms.